The van der Waals surface area contributed by atoms with E-state index in [1.165, 1.54) is 0 Å². The minimum atomic E-state index is 0.758. The van der Waals surface area contributed by atoms with Gasteiger partial charge >= 0.3 is 0 Å². The zero-order chi connectivity index (χ0) is 12.8. The molecule has 0 amide bonds. The summed E-state index contributed by atoms with van der Waals surface area (Å²) >= 11 is 0. The number of aromatic nitrogens is 3. The molecule has 0 fully saturated rings. The van der Waals surface area contributed by atoms with Gasteiger partial charge in [0, 0.05) is 26.3 Å². The first-order valence-electron chi connectivity index (χ1n) is 5.85. The lowest BCUT2D eigenvalue weighted by Gasteiger charge is -2.15. The Labute approximate surface area is 107 Å². The topological polar surface area (TPSA) is 53.9 Å². The molecule has 0 atom stereocenters. The minimum absolute atomic E-state index is 0.758. The Morgan fingerprint density at radius 3 is 2.50 bits per heavy atom. The molecule has 2 aromatic rings. The highest BCUT2D eigenvalue weighted by molar-refractivity contribution is 5.29. The molecule has 5 nitrogen and oxygen atoms in total. The second kappa shape index (κ2) is 6.07. The van der Waals surface area contributed by atoms with Crippen LogP contribution in [0.4, 0.5) is 5.82 Å². The summed E-state index contributed by atoms with van der Waals surface area (Å²) in [7, 11) is 3.87. The van der Waals surface area contributed by atoms with Crippen molar-refractivity contribution < 1.29 is 0 Å². The van der Waals surface area contributed by atoms with E-state index in [0.717, 1.165) is 30.3 Å². The number of hydrogen-bond donors (Lipinski definition) is 1. The average Bonchev–Trinajstić information content (AvgIpc) is 2.40. The summed E-state index contributed by atoms with van der Waals surface area (Å²) in [6, 6.07) is 5.94. The Kier molecular flexibility index (Phi) is 4.20. The molecule has 94 valence electrons. The highest BCUT2D eigenvalue weighted by atomic mass is 15.1. The van der Waals surface area contributed by atoms with Gasteiger partial charge in [-0.3, -0.25) is 14.9 Å². The summed E-state index contributed by atoms with van der Waals surface area (Å²) in [5.74, 6) is 0.783. The van der Waals surface area contributed by atoms with Crippen molar-refractivity contribution in [3.8, 4) is 0 Å². The lowest BCUT2D eigenvalue weighted by atomic mass is 10.3. The van der Waals surface area contributed by atoms with Crippen molar-refractivity contribution in [2.75, 3.05) is 19.4 Å². The van der Waals surface area contributed by atoms with Gasteiger partial charge in [0.1, 0.15) is 5.82 Å². The molecule has 0 aliphatic rings. The SMILES string of the molecule is CNc1cnc(CN(C)Cc2ccccn2)cn1. The molecule has 0 saturated carbocycles. The molecule has 18 heavy (non-hydrogen) atoms. The molecular weight excluding hydrogens is 226 g/mol. The molecule has 2 aromatic heterocycles. The van der Waals surface area contributed by atoms with E-state index in [1.54, 1.807) is 12.4 Å². The summed E-state index contributed by atoms with van der Waals surface area (Å²) in [5.41, 5.74) is 2.01. The van der Waals surface area contributed by atoms with Gasteiger partial charge in [-0.25, -0.2) is 4.98 Å². The fraction of sp³-hybridized carbons (Fsp3) is 0.308. The van der Waals surface area contributed by atoms with Crippen LogP contribution in [0, 0.1) is 0 Å². The second-order valence-electron chi connectivity index (χ2n) is 4.14. The van der Waals surface area contributed by atoms with Gasteiger partial charge < -0.3 is 5.32 Å². The first-order valence-corrected chi connectivity index (χ1v) is 5.85. The van der Waals surface area contributed by atoms with Crippen LogP contribution in [0.15, 0.2) is 36.8 Å². The second-order valence-corrected chi connectivity index (χ2v) is 4.14. The van der Waals surface area contributed by atoms with Crippen LogP contribution in [0.2, 0.25) is 0 Å². The standard InChI is InChI=1S/C13H17N5/c1-14-13-8-16-12(7-17-13)10-18(2)9-11-5-3-4-6-15-11/h3-8H,9-10H2,1-2H3,(H,14,17). The summed E-state index contributed by atoms with van der Waals surface area (Å²) in [6.07, 6.45) is 5.34. The van der Waals surface area contributed by atoms with E-state index < -0.39 is 0 Å². The monoisotopic (exact) mass is 243 g/mol. The maximum Gasteiger partial charge on any atom is 0.144 e. The van der Waals surface area contributed by atoms with E-state index in [9.17, 15) is 0 Å². The molecule has 0 unspecified atom stereocenters. The fourth-order valence-corrected chi connectivity index (χ4v) is 1.67. The zero-order valence-electron chi connectivity index (χ0n) is 10.7. The quantitative estimate of drug-likeness (QED) is 0.863. The minimum Gasteiger partial charge on any atom is -0.372 e. The van der Waals surface area contributed by atoms with E-state index in [1.807, 2.05) is 38.5 Å². The first-order chi connectivity index (χ1) is 8.78. The highest BCUT2D eigenvalue weighted by Crippen LogP contribution is 2.05. The molecule has 0 aromatic carbocycles. The van der Waals surface area contributed by atoms with Gasteiger partial charge in [0.25, 0.3) is 0 Å². The lowest BCUT2D eigenvalue weighted by Crippen LogP contribution is -2.18. The molecule has 0 spiro atoms. The lowest BCUT2D eigenvalue weighted by molar-refractivity contribution is 0.311. The predicted molar refractivity (Wildman–Crippen MR) is 71.0 cm³/mol. The molecule has 0 aliphatic carbocycles. The van der Waals surface area contributed by atoms with Crippen molar-refractivity contribution in [2.45, 2.75) is 13.1 Å². The highest BCUT2D eigenvalue weighted by Gasteiger charge is 2.04. The number of rotatable bonds is 5. The van der Waals surface area contributed by atoms with Gasteiger partial charge in [-0.15, -0.1) is 0 Å². The van der Waals surface area contributed by atoms with E-state index in [2.05, 4.69) is 25.2 Å². The maximum absolute atomic E-state index is 4.34. The van der Waals surface area contributed by atoms with Crippen molar-refractivity contribution in [3.05, 3.63) is 48.2 Å². The summed E-state index contributed by atoms with van der Waals surface area (Å²) in [6.45, 7) is 1.56. The van der Waals surface area contributed by atoms with Crippen molar-refractivity contribution >= 4 is 5.82 Å². The average molecular weight is 243 g/mol. The van der Waals surface area contributed by atoms with Gasteiger partial charge in [-0.2, -0.15) is 0 Å². The molecule has 1 N–H and O–H groups in total. The molecule has 2 heterocycles. The van der Waals surface area contributed by atoms with Crippen LogP contribution in [-0.2, 0) is 13.1 Å². The maximum atomic E-state index is 4.34. The molecule has 2 rings (SSSR count). The van der Waals surface area contributed by atoms with Crippen molar-refractivity contribution in [1.29, 1.82) is 0 Å². The van der Waals surface area contributed by atoms with Gasteiger partial charge in [-0.1, -0.05) is 6.07 Å². The number of pyridine rings is 1. The van der Waals surface area contributed by atoms with Crippen LogP contribution in [0.1, 0.15) is 11.4 Å². The Balaban J connectivity index is 1.92. The predicted octanol–water partition coefficient (Wildman–Crippen LogP) is 1.55. The Morgan fingerprint density at radius 1 is 1.06 bits per heavy atom. The summed E-state index contributed by atoms with van der Waals surface area (Å²) in [4.78, 5) is 15.0. The van der Waals surface area contributed by atoms with Gasteiger partial charge in [0.05, 0.1) is 23.8 Å². The van der Waals surface area contributed by atoms with Gasteiger partial charge in [0.15, 0.2) is 0 Å². The number of hydrogen-bond acceptors (Lipinski definition) is 5. The smallest absolute Gasteiger partial charge is 0.144 e. The van der Waals surface area contributed by atoms with E-state index in [0.29, 0.717) is 0 Å². The van der Waals surface area contributed by atoms with Gasteiger partial charge in [0.2, 0.25) is 0 Å². The molecule has 0 saturated heterocycles. The Hall–Kier alpha value is -2.01. The number of nitrogens with zero attached hydrogens (tertiary/aromatic N) is 4. The Morgan fingerprint density at radius 2 is 1.89 bits per heavy atom. The van der Waals surface area contributed by atoms with Crippen molar-refractivity contribution in [3.63, 3.8) is 0 Å². The molecular formula is C13H17N5. The van der Waals surface area contributed by atoms with Crippen LogP contribution >= 0.6 is 0 Å². The third kappa shape index (κ3) is 3.49. The molecule has 0 bridgehead atoms. The van der Waals surface area contributed by atoms with Crippen molar-refractivity contribution in [1.82, 2.24) is 19.9 Å². The van der Waals surface area contributed by atoms with Crippen LogP contribution in [-0.4, -0.2) is 33.9 Å². The summed E-state index contributed by atoms with van der Waals surface area (Å²) in [5, 5.41) is 2.95. The number of anilines is 1. The summed E-state index contributed by atoms with van der Waals surface area (Å²) < 4.78 is 0. The normalized spacial score (nSPS) is 10.6. The number of nitrogens with one attached hydrogen (secondary N) is 1. The van der Waals surface area contributed by atoms with Crippen LogP contribution in [0.3, 0.4) is 0 Å². The van der Waals surface area contributed by atoms with Gasteiger partial charge in [-0.05, 0) is 19.2 Å². The Bertz CT molecular complexity index is 469. The fourth-order valence-electron chi connectivity index (χ4n) is 1.67. The third-order valence-corrected chi connectivity index (χ3v) is 2.55. The van der Waals surface area contributed by atoms with Crippen LogP contribution in [0.5, 0.6) is 0 Å². The van der Waals surface area contributed by atoms with Crippen molar-refractivity contribution in [2.24, 2.45) is 0 Å². The zero-order valence-corrected chi connectivity index (χ0v) is 10.7. The van der Waals surface area contributed by atoms with E-state index >= 15 is 0 Å². The molecule has 5 heteroatoms. The van der Waals surface area contributed by atoms with Crippen LogP contribution < -0.4 is 5.32 Å². The van der Waals surface area contributed by atoms with Crippen LogP contribution in [0.25, 0.3) is 0 Å². The molecule has 0 radical (unpaired) electrons. The van der Waals surface area contributed by atoms with E-state index in [-0.39, 0.29) is 0 Å². The third-order valence-electron chi connectivity index (χ3n) is 2.55. The first kappa shape index (κ1) is 12.4. The molecule has 0 aliphatic heterocycles. The van der Waals surface area contributed by atoms with E-state index in [4.69, 9.17) is 0 Å². The largest absolute Gasteiger partial charge is 0.372 e.